The number of rotatable bonds is 2. The van der Waals surface area contributed by atoms with Gasteiger partial charge in [0.15, 0.2) is 6.04 Å². The Morgan fingerprint density at radius 3 is 2.56 bits per heavy atom. The van der Waals surface area contributed by atoms with E-state index in [0.717, 1.165) is 39.4 Å². The summed E-state index contributed by atoms with van der Waals surface area (Å²) in [6.45, 7) is 2.09. The number of halogens is 2. The molecule has 2 aliphatic rings. The van der Waals surface area contributed by atoms with Crippen LogP contribution in [-0.2, 0) is 4.79 Å². The molecule has 0 bridgehead atoms. The van der Waals surface area contributed by atoms with Gasteiger partial charge in [0.05, 0.1) is 19.0 Å². The fraction of sp³-hybridized carbons (Fsp3) is 0.350. The predicted octanol–water partition coefficient (Wildman–Crippen LogP) is 3.62. The molecule has 5 heteroatoms. The molecule has 0 radical (unpaired) electrons. The van der Waals surface area contributed by atoms with E-state index in [-0.39, 0.29) is 17.9 Å². The van der Waals surface area contributed by atoms with Crippen LogP contribution in [0.2, 0.25) is 5.02 Å². The van der Waals surface area contributed by atoms with Crippen molar-refractivity contribution in [2.45, 2.75) is 31.2 Å². The van der Waals surface area contributed by atoms with E-state index in [9.17, 15) is 4.79 Å². The number of nitrogens with one attached hydrogen (secondary N) is 2. The summed E-state index contributed by atoms with van der Waals surface area (Å²) in [6, 6.07) is 13.9. The molecule has 1 fully saturated rings. The van der Waals surface area contributed by atoms with Gasteiger partial charge in [-0.25, -0.2) is 0 Å². The zero-order valence-corrected chi connectivity index (χ0v) is 16.2. The maximum absolute atomic E-state index is 13.0. The first kappa shape index (κ1) is 17.1. The Bertz CT molecular complexity index is 804. The van der Waals surface area contributed by atoms with Crippen LogP contribution >= 0.6 is 27.5 Å². The van der Waals surface area contributed by atoms with Gasteiger partial charge in [0.1, 0.15) is 0 Å². The first-order chi connectivity index (χ1) is 12.1. The summed E-state index contributed by atoms with van der Waals surface area (Å²) >= 11 is 10.2. The minimum absolute atomic E-state index is 0.0250. The number of quaternary nitrogens is 1. The van der Waals surface area contributed by atoms with Gasteiger partial charge in [-0.05, 0) is 54.7 Å². The number of piperidine rings is 1. The summed E-state index contributed by atoms with van der Waals surface area (Å²) < 4.78 is 1.02. The van der Waals surface area contributed by atoms with Gasteiger partial charge in [-0.3, -0.25) is 4.79 Å². The molecule has 1 saturated heterocycles. The van der Waals surface area contributed by atoms with Crippen molar-refractivity contribution in [2.24, 2.45) is 0 Å². The standard InChI is InChI=1S/C20H20BrClN2O/c21-13-8-9-17-15(12-13)18(14-6-2-3-7-16(14)22)19(20(25)23-17)24-10-4-1-5-11-24/h2-3,6-9,12,18-19H,1,4-5,10-11H2,(H,23,25)/p+1/t18-,19+/m1/s1. The van der Waals surface area contributed by atoms with Gasteiger partial charge in [-0.1, -0.05) is 45.7 Å². The van der Waals surface area contributed by atoms with Gasteiger partial charge < -0.3 is 10.2 Å². The van der Waals surface area contributed by atoms with Crippen LogP contribution in [-0.4, -0.2) is 25.0 Å². The van der Waals surface area contributed by atoms with Gasteiger partial charge in [0.25, 0.3) is 5.91 Å². The molecule has 1 amide bonds. The molecule has 130 valence electrons. The Balaban J connectivity index is 1.87. The van der Waals surface area contributed by atoms with Gasteiger partial charge in [-0.2, -0.15) is 0 Å². The second-order valence-corrected chi connectivity index (χ2v) is 8.24. The van der Waals surface area contributed by atoms with E-state index in [2.05, 4.69) is 33.4 Å². The van der Waals surface area contributed by atoms with Crippen molar-refractivity contribution in [3.8, 4) is 0 Å². The van der Waals surface area contributed by atoms with Gasteiger partial charge >= 0.3 is 0 Å². The predicted molar refractivity (Wildman–Crippen MR) is 104 cm³/mol. The molecule has 0 spiro atoms. The van der Waals surface area contributed by atoms with Crippen LogP contribution in [0.4, 0.5) is 5.69 Å². The van der Waals surface area contributed by atoms with Crippen LogP contribution in [0, 0.1) is 0 Å². The summed E-state index contributed by atoms with van der Waals surface area (Å²) in [4.78, 5) is 14.4. The minimum Gasteiger partial charge on any atom is -0.324 e. The number of carbonyl (C=O) groups is 1. The first-order valence-electron chi connectivity index (χ1n) is 8.84. The van der Waals surface area contributed by atoms with Crippen LogP contribution in [0.1, 0.15) is 36.3 Å². The number of amides is 1. The average Bonchev–Trinajstić information content (AvgIpc) is 2.62. The van der Waals surface area contributed by atoms with Gasteiger partial charge in [-0.15, -0.1) is 0 Å². The third-order valence-electron chi connectivity index (χ3n) is 5.40. The summed E-state index contributed by atoms with van der Waals surface area (Å²) in [6.07, 6.45) is 3.62. The third-order valence-corrected chi connectivity index (χ3v) is 6.24. The molecule has 2 heterocycles. The van der Waals surface area contributed by atoms with E-state index in [1.807, 2.05) is 30.3 Å². The Morgan fingerprint density at radius 2 is 1.80 bits per heavy atom. The van der Waals surface area contributed by atoms with Crippen LogP contribution in [0.5, 0.6) is 0 Å². The zero-order chi connectivity index (χ0) is 17.4. The second-order valence-electron chi connectivity index (χ2n) is 6.92. The van der Waals surface area contributed by atoms with Crippen LogP contribution in [0.25, 0.3) is 0 Å². The molecule has 0 unspecified atom stereocenters. The molecular weight excluding hydrogens is 400 g/mol. The lowest BCUT2D eigenvalue weighted by Gasteiger charge is -2.39. The molecule has 3 nitrogen and oxygen atoms in total. The molecule has 25 heavy (non-hydrogen) atoms. The number of hydrogen-bond acceptors (Lipinski definition) is 1. The Hall–Kier alpha value is -1.36. The lowest BCUT2D eigenvalue weighted by Crippen LogP contribution is -3.18. The molecular formula is C20H21BrClN2O+. The maximum Gasteiger partial charge on any atom is 0.283 e. The Morgan fingerprint density at radius 1 is 1.04 bits per heavy atom. The molecule has 4 rings (SSSR count). The number of hydrogen-bond donors (Lipinski definition) is 2. The highest BCUT2D eigenvalue weighted by Crippen LogP contribution is 2.40. The van der Waals surface area contributed by atoms with Crippen molar-refractivity contribution in [1.29, 1.82) is 0 Å². The molecule has 2 aromatic carbocycles. The van der Waals surface area contributed by atoms with Gasteiger partial charge in [0.2, 0.25) is 0 Å². The van der Waals surface area contributed by atoms with Crippen molar-refractivity contribution in [3.05, 3.63) is 63.1 Å². The largest absolute Gasteiger partial charge is 0.324 e. The van der Waals surface area contributed by atoms with E-state index in [1.165, 1.54) is 24.2 Å². The number of benzene rings is 2. The molecule has 2 atom stereocenters. The van der Waals surface area contributed by atoms with E-state index < -0.39 is 0 Å². The van der Waals surface area contributed by atoms with E-state index in [0.29, 0.717) is 0 Å². The molecule has 2 N–H and O–H groups in total. The molecule has 2 aromatic rings. The SMILES string of the molecule is O=C1Nc2ccc(Br)cc2[C@@H](c2ccccc2Cl)[C@@H]1[NH+]1CCCCC1. The summed E-state index contributed by atoms with van der Waals surface area (Å²) in [7, 11) is 0. The van der Waals surface area contributed by atoms with E-state index >= 15 is 0 Å². The highest BCUT2D eigenvalue weighted by molar-refractivity contribution is 9.10. The first-order valence-corrected chi connectivity index (χ1v) is 10.0. The van der Waals surface area contributed by atoms with Crippen molar-refractivity contribution < 1.29 is 9.69 Å². The lowest BCUT2D eigenvalue weighted by atomic mass is 9.80. The molecule has 2 aliphatic heterocycles. The zero-order valence-electron chi connectivity index (χ0n) is 13.9. The third kappa shape index (κ3) is 3.23. The normalized spacial score (nSPS) is 23.8. The highest BCUT2D eigenvalue weighted by atomic mass is 79.9. The summed E-state index contributed by atoms with van der Waals surface area (Å²) in [5.41, 5.74) is 3.08. The fourth-order valence-corrected chi connectivity index (χ4v) is 4.89. The van der Waals surface area contributed by atoms with Crippen molar-refractivity contribution in [1.82, 2.24) is 0 Å². The molecule has 0 aromatic heterocycles. The lowest BCUT2D eigenvalue weighted by molar-refractivity contribution is -0.921. The monoisotopic (exact) mass is 419 g/mol. The topological polar surface area (TPSA) is 33.5 Å². The smallest absolute Gasteiger partial charge is 0.283 e. The fourth-order valence-electron chi connectivity index (χ4n) is 4.26. The number of fused-ring (bicyclic) bond motifs is 1. The molecule has 0 saturated carbocycles. The number of likely N-dealkylation sites (tertiary alicyclic amines) is 1. The number of anilines is 1. The summed E-state index contributed by atoms with van der Waals surface area (Å²) in [5, 5.41) is 3.86. The molecule has 0 aliphatic carbocycles. The second kappa shape index (κ2) is 7.10. The van der Waals surface area contributed by atoms with Crippen LogP contribution in [0.15, 0.2) is 46.9 Å². The van der Waals surface area contributed by atoms with Gasteiger partial charge in [0, 0.05) is 15.2 Å². The van der Waals surface area contributed by atoms with Crippen molar-refractivity contribution in [2.75, 3.05) is 18.4 Å². The quantitative estimate of drug-likeness (QED) is 0.764. The Labute approximate surface area is 161 Å². The van der Waals surface area contributed by atoms with E-state index in [1.54, 1.807) is 0 Å². The van der Waals surface area contributed by atoms with Crippen LogP contribution in [0.3, 0.4) is 0 Å². The van der Waals surface area contributed by atoms with E-state index in [4.69, 9.17) is 11.6 Å². The number of carbonyl (C=O) groups excluding carboxylic acids is 1. The summed E-state index contributed by atoms with van der Waals surface area (Å²) in [5.74, 6) is 0.0830. The van der Waals surface area contributed by atoms with Crippen LogP contribution < -0.4 is 10.2 Å². The maximum atomic E-state index is 13.0. The van der Waals surface area contributed by atoms with Crippen molar-refractivity contribution >= 4 is 39.1 Å². The highest BCUT2D eigenvalue weighted by Gasteiger charge is 2.44. The minimum atomic E-state index is -0.137. The average molecular weight is 421 g/mol. The van der Waals surface area contributed by atoms with Crippen molar-refractivity contribution in [3.63, 3.8) is 0 Å². The Kier molecular flexibility index (Phi) is 4.85.